The van der Waals surface area contributed by atoms with Crippen LogP contribution in [-0.4, -0.2) is 23.3 Å². The van der Waals surface area contributed by atoms with E-state index in [4.69, 9.17) is 0 Å². The van der Waals surface area contributed by atoms with Crippen LogP contribution in [0.15, 0.2) is 46.9 Å². The van der Waals surface area contributed by atoms with Gasteiger partial charge in [0.25, 0.3) is 5.91 Å². The highest BCUT2D eigenvalue weighted by molar-refractivity contribution is 9.10. The number of halogens is 1. The first kappa shape index (κ1) is 20.7. The first-order valence-corrected chi connectivity index (χ1v) is 10.4. The summed E-state index contributed by atoms with van der Waals surface area (Å²) in [5.74, 6) is -0.678. The summed E-state index contributed by atoms with van der Waals surface area (Å²) in [6.45, 7) is 8.82. The summed E-state index contributed by atoms with van der Waals surface area (Å²) in [5, 5.41) is 11.3. The highest BCUT2D eigenvalue weighted by atomic mass is 79.9. The van der Waals surface area contributed by atoms with Crippen molar-refractivity contribution in [2.45, 2.75) is 51.6 Å². The molecule has 0 spiro atoms. The average molecular weight is 444 g/mol. The Morgan fingerprint density at radius 1 is 1.14 bits per heavy atom. The third-order valence-electron chi connectivity index (χ3n) is 5.23. The molecule has 1 aliphatic rings. The second-order valence-corrected chi connectivity index (χ2v) is 9.32. The van der Waals surface area contributed by atoms with Crippen LogP contribution in [0.25, 0.3) is 0 Å². The van der Waals surface area contributed by atoms with E-state index in [-0.39, 0.29) is 17.6 Å². The van der Waals surface area contributed by atoms with Crippen molar-refractivity contribution in [3.8, 4) is 0 Å². The van der Waals surface area contributed by atoms with Gasteiger partial charge in [-0.25, -0.2) is 0 Å². The van der Waals surface area contributed by atoms with Crippen molar-refractivity contribution in [3.05, 3.63) is 63.6 Å². The molecule has 0 saturated carbocycles. The molecule has 1 unspecified atom stereocenters. The van der Waals surface area contributed by atoms with E-state index in [0.717, 1.165) is 16.5 Å². The van der Waals surface area contributed by atoms with Gasteiger partial charge in [0.05, 0.1) is 12.1 Å². The number of aliphatic hydroxyl groups is 1. The van der Waals surface area contributed by atoms with Gasteiger partial charge in [-0.2, -0.15) is 0 Å². The number of amides is 1. The molecule has 28 heavy (non-hydrogen) atoms. The molecule has 2 aromatic carbocycles. The number of Topliss-reactive ketones (excluding diaryl/α,β-unsaturated/α-hetero) is 1. The zero-order valence-electron chi connectivity index (χ0n) is 16.8. The third-order valence-corrected chi connectivity index (χ3v) is 5.72. The number of nitrogens with zero attached hydrogens (tertiary/aromatic N) is 1. The number of hydrogen-bond donors (Lipinski definition) is 1. The van der Waals surface area contributed by atoms with Crippen molar-refractivity contribution in [2.75, 3.05) is 11.4 Å². The van der Waals surface area contributed by atoms with Crippen molar-refractivity contribution in [1.29, 1.82) is 0 Å². The number of anilines is 1. The minimum absolute atomic E-state index is 0.00688. The molecule has 1 heterocycles. The molecule has 0 fully saturated rings. The maximum atomic E-state index is 13.0. The summed E-state index contributed by atoms with van der Waals surface area (Å²) < 4.78 is 0.762. The molecule has 0 radical (unpaired) electrons. The summed E-state index contributed by atoms with van der Waals surface area (Å²) in [4.78, 5) is 27.6. The van der Waals surface area contributed by atoms with Crippen LogP contribution in [0.3, 0.4) is 0 Å². The zero-order valence-corrected chi connectivity index (χ0v) is 18.3. The standard InChI is InChI=1S/C23H26BrNO3/c1-5-12-25-19-11-10-17(24)13-18(19)23(28,21(25)27)14-20(26)15-6-8-16(9-7-15)22(2,3)4/h6-11,13,28H,5,12,14H2,1-4H3. The van der Waals surface area contributed by atoms with Gasteiger partial charge in [0.2, 0.25) is 0 Å². The summed E-state index contributed by atoms with van der Waals surface area (Å²) >= 11 is 3.41. The first-order valence-electron chi connectivity index (χ1n) is 9.56. The molecule has 1 N–H and O–H groups in total. The van der Waals surface area contributed by atoms with Crippen molar-refractivity contribution in [3.63, 3.8) is 0 Å². The summed E-state index contributed by atoms with van der Waals surface area (Å²) in [5.41, 5.74) is 0.942. The minimum Gasteiger partial charge on any atom is -0.375 e. The zero-order chi connectivity index (χ0) is 20.7. The maximum absolute atomic E-state index is 13.0. The summed E-state index contributed by atoms with van der Waals surface area (Å²) in [6, 6.07) is 12.8. The van der Waals surface area contributed by atoms with E-state index in [1.165, 1.54) is 0 Å². The lowest BCUT2D eigenvalue weighted by atomic mass is 9.85. The normalized spacial score (nSPS) is 19.1. The lowest BCUT2D eigenvalue weighted by molar-refractivity contribution is -0.135. The summed E-state index contributed by atoms with van der Waals surface area (Å²) in [7, 11) is 0. The van der Waals surface area contributed by atoms with Gasteiger partial charge in [0.1, 0.15) is 0 Å². The lowest BCUT2D eigenvalue weighted by Gasteiger charge is -2.23. The fraction of sp³-hybridized carbons (Fsp3) is 0.391. The Morgan fingerprint density at radius 2 is 1.79 bits per heavy atom. The van der Waals surface area contributed by atoms with E-state index in [2.05, 4.69) is 36.7 Å². The Bertz CT molecular complexity index is 914. The van der Waals surface area contributed by atoms with Gasteiger partial charge in [-0.3, -0.25) is 9.59 Å². The smallest absolute Gasteiger partial charge is 0.264 e. The quantitative estimate of drug-likeness (QED) is 0.663. The van der Waals surface area contributed by atoms with Gasteiger partial charge in [0, 0.05) is 22.1 Å². The average Bonchev–Trinajstić information content (AvgIpc) is 2.83. The molecule has 0 aromatic heterocycles. The summed E-state index contributed by atoms with van der Waals surface area (Å²) in [6.07, 6.45) is 0.490. The number of carbonyl (C=O) groups is 2. The molecule has 5 heteroatoms. The van der Waals surface area contributed by atoms with E-state index in [1.807, 2.05) is 31.2 Å². The second kappa shape index (κ2) is 7.45. The molecule has 1 atom stereocenters. The van der Waals surface area contributed by atoms with Crippen LogP contribution in [-0.2, 0) is 15.8 Å². The van der Waals surface area contributed by atoms with E-state index in [1.54, 1.807) is 23.1 Å². The molecule has 148 valence electrons. The molecule has 0 bridgehead atoms. The lowest BCUT2D eigenvalue weighted by Crippen LogP contribution is -2.42. The van der Waals surface area contributed by atoms with Crippen LogP contribution in [0.1, 0.15) is 62.0 Å². The van der Waals surface area contributed by atoms with E-state index in [0.29, 0.717) is 23.4 Å². The molecule has 4 nitrogen and oxygen atoms in total. The molecule has 0 aliphatic carbocycles. The number of hydrogen-bond acceptors (Lipinski definition) is 3. The van der Waals surface area contributed by atoms with Crippen molar-refractivity contribution >= 4 is 33.3 Å². The molecular weight excluding hydrogens is 418 g/mol. The van der Waals surface area contributed by atoms with Crippen LogP contribution in [0, 0.1) is 0 Å². The monoisotopic (exact) mass is 443 g/mol. The van der Waals surface area contributed by atoms with Crippen molar-refractivity contribution < 1.29 is 14.7 Å². The third kappa shape index (κ3) is 3.65. The predicted octanol–water partition coefficient (Wildman–Crippen LogP) is 4.96. The molecule has 3 rings (SSSR count). The highest BCUT2D eigenvalue weighted by Gasteiger charge is 2.50. The van der Waals surface area contributed by atoms with Crippen LogP contribution < -0.4 is 4.90 Å². The van der Waals surface area contributed by atoms with Gasteiger partial charge in [-0.1, -0.05) is 67.9 Å². The van der Waals surface area contributed by atoms with E-state index >= 15 is 0 Å². The maximum Gasteiger partial charge on any atom is 0.264 e. The van der Waals surface area contributed by atoms with Crippen LogP contribution in [0.2, 0.25) is 0 Å². The minimum atomic E-state index is -1.84. The Morgan fingerprint density at radius 3 is 2.36 bits per heavy atom. The molecule has 1 aliphatic heterocycles. The highest BCUT2D eigenvalue weighted by Crippen LogP contribution is 2.44. The Balaban J connectivity index is 1.93. The number of rotatable bonds is 5. The van der Waals surface area contributed by atoms with Gasteiger partial charge < -0.3 is 10.0 Å². The molecule has 1 amide bonds. The van der Waals surface area contributed by atoms with E-state index in [9.17, 15) is 14.7 Å². The number of ketones is 1. The second-order valence-electron chi connectivity index (χ2n) is 8.41. The Kier molecular flexibility index (Phi) is 5.52. The van der Waals surface area contributed by atoms with Crippen molar-refractivity contribution in [2.24, 2.45) is 0 Å². The largest absolute Gasteiger partial charge is 0.375 e. The van der Waals surface area contributed by atoms with Crippen molar-refractivity contribution in [1.82, 2.24) is 0 Å². The van der Waals surface area contributed by atoms with E-state index < -0.39 is 11.5 Å². The Hall–Kier alpha value is -1.98. The number of carbonyl (C=O) groups excluding carboxylic acids is 2. The molecule has 0 saturated heterocycles. The molecular formula is C23H26BrNO3. The first-order chi connectivity index (χ1) is 13.1. The van der Waals surface area contributed by atoms with Gasteiger partial charge >= 0.3 is 0 Å². The predicted molar refractivity (Wildman–Crippen MR) is 115 cm³/mol. The molecule has 2 aromatic rings. The van der Waals surface area contributed by atoms with Gasteiger partial charge in [-0.05, 0) is 35.6 Å². The van der Waals surface area contributed by atoms with Gasteiger partial charge in [0.15, 0.2) is 11.4 Å². The fourth-order valence-electron chi connectivity index (χ4n) is 3.63. The topological polar surface area (TPSA) is 57.6 Å². The van der Waals surface area contributed by atoms with Crippen LogP contribution in [0.4, 0.5) is 5.69 Å². The van der Waals surface area contributed by atoms with Crippen LogP contribution in [0.5, 0.6) is 0 Å². The fourth-order valence-corrected chi connectivity index (χ4v) is 3.99. The number of benzene rings is 2. The SMILES string of the molecule is CCCN1C(=O)C(O)(CC(=O)c2ccc(C(C)(C)C)cc2)c2cc(Br)ccc21. The van der Waals surface area contributed by atoms with Gasteiger partial charge in [-0.15, -0.1) is 0 Å². The van der Waals surface area contributed by atoms with Crippen LogP contribution >= 0.6 is 15.9 Å². The number of fused-ring (bicyclic) bond motifs is 1. The Labute approximate surface area is 174 Å².